The normalized spacial score (nSPS) is 28.1. The molecule has 1 aromatic carbocycles. The van der Waals surface area contributed by atoms with Gasteiger partial charge in [-0.2, -0.15) is 0 Å². The minimum Gasteiger partial charge on any atom is -0.348 e. The van der Waals surface area contributed by atoms with Crippen LogP contribution < -0.4 is 10.6 Å². The van der Waals surface area contributed by atoms with Crippen LogP contribution in [0.1, 0.15) is 35.2 Å². The number of thiophene rings is 1. The summed E-state index contributed by atoms with van der Waals surface area (Å²) in [4.78, 5) is 12.5. The second-order valence-electron chi connectivity index (χ2n) is 5.99. The van der Waals surface area contributed by atoms with Gasteiger partial charge >= 0.3 is 0 Å². The van der Waals surface area contributed by atoms with Crippen molar-refractivity contribution in [3.63, 3.8) is 0 Å². The largest absolute Gasteiger partial charge is 0.348 e. The van der Waals surface area contributed by atoms with Crippen molar-refractivity contribution in [1.82, 2.24) is 10.6 Å². The molecule has 2 aromatic rings. The lowest BCUT2D eigenvalue weighted by Gasteiger charge is -2.21. The molecule has 1 amide bonds. The molecule has 2 fully saturated rings. The van der Waals surface area contributed by atoms with Crippen LogP contribution in [0.5, 0.6) is 0 Å². The molecule has 20 heavy (non-hydrogen) atoms. The second-order valence-corrected chi connectivity index (χ2v) is 6.94. The SMILES string of the molecule is Cc1cc(C(=O)N[C@@H]2C[C@H]3CC[C@@H]2N3)cc2sccc12. The van der Waals surface area contributed by atoms with Crippen molar-refractivity contribution in [1.29, 1.82) is 0 Å². The first-order valence-electron chi connectivity index (χ1n) is 7.25. The Labute approximate surface area is 122 Å². The third-order valence-corrected chi connectivity index (χ3v) is 5.52. The van der Waals surface area contributed by atoms with E-state index >= 15 is 0 Å². The van der Waals surface area contributed by atoms with E-state index in [4.69, 9.17) is 0 Å². The lowest BCUT2D eigenvalue weighted by atomic mass is 9.95. The average molecular weight is 286 g/mol. The molecule has 104 valence electrons. The van der Waals surface area contributed by atoms with Crippen LogP contribution >= 0.6 is 11.3 Å². The van der Waals surface area contributed by atoms with Gasteiger partial charge in [-0.05, 0) is 60.7 Å². The van der Waals surface area contributed by atoms with Crippen molar-refractivity contribution in [3.05, 3.63) is 34.7 Å². The van der Waals surface area contributed by atoms with Crippen LogP contribution in [0.15, 0.2) is 23.6 Å². The number of hydrogen-bond donors (Lipinski definition) is 2. The number of carbonyl (C=O) groups excluding carboxylic acids is 1. The van der Waals surface area contributed by atoms with E-state index in [1.807, 2.05) is 12.1 Å². The minimum atomic E-state index is 0.0720. The van der Waals surface area contributed by atoms with Crippen LogP contribution in [0.4, 0.5) is 0 Å². The van der Waals surface area contributed by atoms with E-state index in [9.17, 15) is 4.79 Å². The predicted octanol–water partition coefficient (Wildman–Crippen LogP) is 2.83. The molecule has 3 nitrogen and oxygen atoms in total. The van der Waals surface area contributed by atoms with Crippen LogP contribution in [0.3, 0.4) is 0 Å². The van der Waals surface area contributed by atoms with Gasteiger partial charge in [0.25, 0.3) is 5.91 Å². The maximum absolute atomic E-state index is 12.5. The molecule has 0 aliphatic carbocycles. The molecule has 4 heteroatoms. The molecule has 0 saturated carbocycles. The highest BCUT2D eigenvalue weighted by Gasteiger charge is 2.39. The maximum atomic E-state index is 12.5. The number of nitrogens with one attached hydrogen (secondary N) is 2. The number of benzene rings is 1. The fourth-order valence-corrected chi connectivity index (χ4v) is 4.52. The van der Waals surface area contributed by atoms with E-state index < -0.39 is 0 Å². The first-order valence-corrected chi connectivity index (χ1v) is 8.13. The van der Waals surface area contributed by atoms with Crippen LogP contribution in [0.2, 0.25) is 0 Å². The topological polar surface area (TPSA) is 41.1 Å². The number of hydrogen-bond acceptors (Lipinski definition) is 3. The molecular formula is C16H18N2OS. The molecule has 2 bridgehead atoms. The van der Waals surface area contributed by atoms with E-state index in [1.54, 1.807) is 11.3 Å². The summed E-state index contributed by atoms with van der Waals surface area (Å²) in [6.45, 7) is 2.07. The number of amides is 1. The Kier molecular flexibility index (Phi) is 2.82. The first kappa shape index (κ1) is 12.4. The third kappa shape index (κ3) is 1.95. The summed E-state index contributed by atoms with van der Waals surface area (Å²) in [6, 6.07) is 7.55. The Balaban J connectivity index is 1.57. The molecule has 0 unspecified atom stereocenters. The van der Waals surface area contributed by atoms with Crippen LogP contribution in [-0.4, -0.2) is 24.0 Å². The molecule has 1 aromatic heterocycles. The van der Waals surface area contributed by atoms with Crippen molar-refractivity contribution in [2.45, 2.75) is 44.3 Å². The quantitative estimate of drug-likeness (QED) is 0.891. The van der Waals surface area contributed by atoms with Crippen molar-refractivity contribution in [2.75, 3.05) is 0 Å². The highest BCUT2D eigenvalue weighted by molar-refractivity contribution is 7.17. The van der Waals surface area contributed by atoms with Crippen LogP contribution in [0, 0.1) is 6.92 Å². The van der Waals surface area contributed by atoms with E-state index in [0.29, 0.717) is 18.1 Å². The summed E-state index contributed by atoms with van der Waals surface area (Å²) in [7, 11) is 0. The first-order chi connectivity index (χ1) is 9.70. The van der Waals surface area contributed by atoms with E-state index in [1.165, 1.54) is 28.5 Å². The third-order valence-electron chi connectivity index (χ3n) is 4.66. The molecule has 4 rings (SSSR count). The maximum Gasteiger partial charge on any atom is 0.251 e. The fraction of sp³-hybridized carbons (Fsp3) is 0.438. The average Bonchev–Trinajstić information content (AvgIpc) is 3.13. The van der Waals surface area contributed by atoms with Gasteiger partial charge in [-0.1, -0.05) is 0 Å². The van der Waals surface area contributed by atoms with Crippen molar-refractivity contribution >= 4 is 27.3 Å². The molecule has 0 radical (unpaired) electrons. The molecular weight excluding hydrogens is 268 g/mol. The van der Waals surface area contributed by atoms with Crippen LogP contribution in [0.25, 0.3) is 10.1 Å². The van der Waals surface area contributed by atoms with Gasteiger partial charge in [-0.15, -0.1) is 11.3 Å². The van der Waals surface area contributed by atoms with Gasteiger partial charge in [0.05, 0.1) is 0 Å². The van der Waals surface area contributed by atoms with Gasteiger partial charge in [-0.3, -0.25) is 4.79 Å². The van der Waals surface area contributed by atoms with Gasteiger partial charge < -0.3 is 10.6 Å². The molecule has 2 saturated heterocycles. The molecule has 2 N–H and O–H groups in total. The summed E-state index contributed by atoms with van der Waals surface area (Å²) in [5.41, 5.74) is 1.97. The summed E-state index contributed by atoms with van der Waals surface area (Å²) < 4.78 is 1.20. The molecule has 3 heterocycles. The van der Waals surface area contributed by atoms with Crippen molar-refractivity contribution < 1.29 is 4.79 Å². The summed E-state index contributed by atoms with van der Waals surface area (Å²) in [5, 5.41) is 10.1. The highest BCUT2D eigenvalue weighted by Crippen LogP contribution is 2.29. The van der Waals surface area contributed by atoms with E-state index in [2.05, 4.69) is 29.0 Å². The van der Waals surface area contributed by atoms with E-state index in [0.717, 1.165) is 12.0 Å². The summed E-state index contributed by atoms with van der Waals surface area (Å²) in [5.74, 6) is 0.0720. The zero-order valence-electron chi connectivity index (χ0n) is 11.5. The lowest BCUT2D eigenvalue weighted by Crippen LogP contribution is -2.42. The Bertz CT molecular complexity index is 678. The molecule has 2 aliphatic heterocycles. The van der Waals surface area contributed by atoms with Crippen molar-refractivity contribution in [3.8, 4) is 0 Å². The van der Waals surface area contributed by atoms with Gasteiger partial charge in [-0.25, -0.2) is 0 Å². The van der Waals surface area contributed by atoms with Gasteiger partial charge in [0, 0.05) is 28.4 Å². The number of fused-ring (bicyclic) bond motifs is 3. The highest BCUT2D eigenvalue weighted by atomic mass is 32.1. The molecule has 0 spiro atoms. The smallest absolute Gasteiger partial charge is 0.251 e. The fourth-order valence-electron chi connectivity index (χ4n) is 3.62. The monoisotopic (exact) mass is 286 g/mol. The standard InChI is InChI=1S/C16H18N2OS/c1-9-6-10(7-15-12(9)4-5-20-15)16(19)18-14-8-11-2-3-13(14)17-11/h4-7,11,13-14,17H,2-3,8H2,1H3,(H,18,19)/t11-,13+,14-/m1/s1. The zero-order chi connectivity index (χ0) is 13.7. The number of aryl methyl sites for hydroxylation is 1. The van der Waals surface area contributed by atoms with Gasteiger partial charge in [0.15, 0.2) is 0 Å². The Morgan fingerprint density at radius 1 is 1.40 bits per heavy atom. The Hall–Kier alpha value is -1.39. The number of carbonyl (C=O) groups is 1. The predicted molar refractivity (Wildman–Crippen MR) is 82.4 cm³/mol. The molecule has 3 atom stereocenters. The lowest BCUT2D eigenvalue weighted by molar-refractivity contribution is 0.0931. The molecule has 2 aliphatic rings. The van der Waals surface area contributed by atoms with Crippen LogP contribution in [-0.2, 0) is 0 Å². The van der Waals surface area contributed by atoms with Gasteiger partial charge in [0.2, 0.25) is 0 Å². The Morgan fingerprint density at radius 2 is 2.30 bits per heavy atom. The van der Waals surface area contributed by atoms with E-state index in [-0.39, 0.29) is 5.91 Å². The van der Waals surface area contributed by atoms with Crippen molar-refractivity contribution in [2.24, 2.45) is 0 Å². The zero-order valence-corrected chi connectivity index (χ0v) is 12.3. The summed E-state index contributed by atoms with van der Waals surface area (Å²) >= 11 is 1.70. The number of rotatable bonds is 2. The Morgan fingerprint density at radius 3 is 3.05 bits per heavy atom. The summed E-state index contributed by atoms with van der Waals surface area (Å²) in [6.07, 6.45) is 3.53. The minimum absolute atomic E-state index is 0.0720. The second kappa shape index (κ2) is 4.57. The van der Waals surface area contributed by atoms with Gasteiger partial charge in [0.1, 0.15) is 0 Å².